The molecule has 0 aromatic carbocycles. The van der Waals surface area contributed by atoms with Crippen molar-refractivity contribution in [2.24, 2.45) is 28.6 Å². The van der Waals surface area contributed by atoms with Gasteiger partial charge in [0.25, 0.3) is 0 Å². The fourth-order valence-electron chi connectivity index (χ4n) is 6.96. The Labute approximate surface area is 157 Å². The lowest BCUT2D eigenvalue weighted by Gasteiger charge is -2.58. The molecule has 0 heterocycles. The van der Waals surface area contributed by atoms with Gasteiger partial charge in [-0.2, -0.15) is 0 Å². The lowest BCUT2D eigenvalue weighted by Crippen LogP contribution is -2.51. The molecule has 0 unspecified atom stereocenters. The molecular weight excluding hydrogens is 324 g/mol. The van der Waals surface area contributed by atoms with Gasteiger partial charge in [0.15, 0.2) is 5.78 Å². The lowest BCUT2D eigenvalue weighted by molar-refractivity contribution is -0.159. The van der Waals surface area contributed by atoms with Gasteiger partial charge in [0, 0.05) is 17.3 Å². The van der Waals surface area contributed by atoms with Crippen LogP contribution < -0.4 is 0 Å². The van der Waals surface area contributed by atoms with Gasteiger partial charge in [-0.05, 0) is 75.4 Å². The van der Waals surface area contributed by atoms with Gasteiger partial charge < -0.3 is 4.74 Å². The quantitative estimate of drug-likeness (QED) is 0.654. The maximum Gasteiger partial charge on any atom is 0.305 e. The molecule has 0 amide bonds. The predicted molar refractivity (Wildman–Crippen MR) is 101 cm³/mol. The molecule has 142 valence electrons. The molecule has 0 aromatic heterocycles. The zero-order valence-corrected chi connectivity index (χ0v) is 16.6. The summed E-state index contributed by atoms with van der Waals surface area (Å²) in [5, 5.41) is 0. The van der Waals surface area contributed by atoms with E-state index in [2.05, 4.69) is 20.8 Å². The van der Waals surface area contributed by atoms with Crippen molar-refractivity contribution >= 4 is 11.8 Å². The number of hydrogen-bond donors (Lipinski definition) is 0. The van der Waals surface area contributed by atoms with Gasteiger partial charge in [-0.3, -0.25) is 9.59 Å². The third-order valence-corrected chi connectivity index (χ3v) is 8.56. The Morgan fingerprint density at radius 3 is 2.65 bits per heavy atom. The van der Waals surface area contributed by atoms with Crippen molar-refractivity contribution < 1.29 is 14.3 Å². The number of carbonyl (C=O) groups excluding carboxylic acids is 2. The second kappa shape index (κ2) is 6.07. The largest absolute Gasteiger partial charge is 0.462 e. The molecule has 4 aliphatic rings. The summed E-state index contributed by atoms with van der Waals surface area (Å²) in [6.07, 6.45) is 11.1. The molecule has 3 saturated carbocycles. The molecule has 0 aromatic rings. The highest BCUT2D eigenvalue weighted by atomic mass is 16.5. The summed E-state index contributed by atoms with van der Waals surface area (Å²) in [5.41, 5.74) is 2.80. The van der Waals surface area contributed by atoms with Gasteiger partial charge in [-0.15, -0.1) is 0 Å². The summed E-state index contributed by atoms with van der Waals surface area (Å²) >= 11 is 0. The molecule has 3 fully saturated rings. The molecule has 4 rings (SSSR count). The highest BCUT2D eigenvalue weighted by Crippen LogP contribution is 2.66. The molecule has 0 spiro atoms. The van der Waals surface area contributed by atoms with E-state index in [9.17, 15) is 9.59 Å². The Bertz CT molecular complexity index is 702. The van der Waals surface area contributed by atoms with Crippen molar-refractivity contribution in [3.8, 4) is 0 Å². The Morgan fingerprint density at radius 1 is 1.15 bits per heavy atom. The first-order valence-corrected chi connectivity index (χ1v) is 10.4. The maximum atomic E-state index is 12.0. The van der Waals surface area contributed by atoms with E-state index in [1.807, 2.05) is 19.1 Å². The molecule has 0 aliphatic heterocycles. The lowest BCUT2D eigenvalue weighted by atomic mass is 9.47. The number of hydrogen-bond acceptors (Lipinski definition) is 3. The predicted octanol–water partition coefficient (Wildman–Crippen LogP) is 5.01. The van der Waals surface area contributed by atoms with Crippen LogP contribution in [0.25, 0.3) is 0 Å². The van der Waals surface area contributed by atoms with Gasteiger partial charge >= 0.3 is 5.97 Å². The SMILES string of the molecule is CCC(=O)O[C@@H]1CC[C@H]2[C@@H]3CCC4=CC(=O)C=C(C)[C@]4(C)[C@H]3CC[C@]12C. The minimum Gasteiger partial charge on any atom is -0.462 e. The van der Waals surface area contributed by atoms with E-state index in [1.54, 1.807) is 0 Å². The summed E-state index contributed by atoms with van der Waals surface area (Å²) in [6, 6.07) is 0. The summed E-state index contributed by atoms with van der Waals surface area (Å²) in [4.78, 5) is 23.9. The van der Waals surface area contributed by atoms with E-state index in [1.165, 1.54) is 30.4 Å². The molecule has 3 heteroatoms. The standard InChI is InChI=1S/C23H32O3/c1-5-21(25)26-20-9-8-18-17-7-6-15-13-16(24)12-14(2)23(15,4)19(17)10-11-22(18,20)3/h12-13,17-20H,5-11H2,1-4H3/t17-,18-,19-,20+,22-,23-/m0/s1. The van der Waals surface area contributed by atoms with Crippen molar-refractivity contribution in [2.75, 3.05) is 0 Å². The van der Waals surface area contributed by atoms with Crippen LogP contribution in [0.2, 0.25) is 0 Å². The maximum absolute atomic E-state index is 12.0. The number of fused-ring (bicyclic) bond motifs is 5. The summed E-state index contributed by atoms with van der Waals surface area (Å²) < 4.78 is 5.87. The monoisotopic (exact) mass is 356 g/mol. The van der Waals surface area contributed by atoms with E-state index in [0.717, 1.165) is 19.3 Å². The third-order valence-electron chi connectivity index (χ3n) is 8.56. The average Bonchev–Trinajstić information content (AvgIpc) is 2.93. The first-order valence-electron chi connectivity index (χ1n) is 10.4. The van der Waals surface area contributed by atoms with Crippen molar-refractivity contribution in [3.05, 3.63) is 23.3 Å². The number of allylic oxidation sites excluding steroid dienone is 4. The van der Waals surface area contributed by atoms with Crippen molar-refractivity contribution in [3.63, 3.8) is 0 Å². The normalized spacial score (nSPS) is 44.4. The molecule has 4 aliphatic carbocycles. The van der Waals surface area contributed by atoms with Crippen LogP contribution in [0.3, 0.4) is 0 Å². The van der Waals surface area contributed by atoms with Crippen LogP contribution in [0.15, 0.2) is 23.3 Å². The number of esters is 1. The number of rotatable bonds is 2. The van der Waals surface area contributed by atoms with Gasteiger partial charge in [0.05, 0.1) is 0 Å². The van der Waals surface area contributed by atoms with Crippen LogP contribution in [0.1, 0.15) is 72.6 Å². The smallest absolute Gasteiger partial charge is 0.305 e. The minimum absolute atomic E-state index is 0.0515. The van der Waals surface area contributed by atoms with E-state index >= 15 is 0 Å². The van der Waals surface area contributed by atoms with E-state index in [0.29, 0.717) is 24.2 Å². The van der Waals surface area contributed by atoms with Crippen LogP contribution >= 0.6 is 0 Å². The molecule has 6 atom stereocenters. The molecule has 0 bridgehead atoms. The fraction of sp³-hybridized carbons (Fsp3) is 0.739. The van der Waals surface area contributed by atoms with Crippen molar-refractivity contribution in [1.29, 1.82) is 0 Å². The minimum atomic E-state index is -0.0515. The molecule has 0 saturated heterocycles. The third kappa shape index (κ3) is 2.38. The molecule has 0 radical (unpaired) electrons. The summed E-state index contributed by atoms with van der Waals surface area (Å²) in [5.74, 6) is 2.05. The second-order valence-corrected chi connectivity index (χ2v) is 9.47. The topological polar surface area (TPSA) is 43.4 Å². The number of ether oxygens (including phenoxy) is 1. The Morgan fingerprint density at radius 2 is 1.92 bits per heavy atom. The zero-order valence-electron chi connectivity index (χ0n) is 16.6. The van der Waals surface area contributed by atoms with Crippen LogP contribution in [-0.4, -0.2) is 17.9 Å². The molecular formula is C23H32O3. The van der Waals surface area contributed by atoms with Crippen LogP contribution in [0.4, 0.5) is 0 Å². The van der Waals surface area contributed by atoms with Crippen LogP contribution in [0, 0.1) is 28.6 Å². The van der Waals surface area contributed by atoms with Gasteiger partial charge in [0.1, 0.15) is 6.10 Å². The van der Waals surface area contributed by atoms with Gasteiger partial charge in [-0.25, -0.2) is 0 Å². The van der Waals surface area contributed by atoms with E-state index in [4.69, 9.17) is 4.74 Å². The highest BCUT2D eigenvalue weighted by molar-refractivity contribution is 6.02. The van der Waals surface area contributed by atoms with Gasteiger partial charge in [-0.1, -0.05) is 31.9 Å². The van der Waals surface area contributed by atoms with Crippen molar-refractivity contribution in [2.45, 2.75) is 78.7 Å². The Balaban J connectivity index is 1.63. The number of carbonyl (C=O) groups is 2. The van der Waals surface area contributed by atoms with Crippen LogP contribution in [-0.2, 0) is 14.3 Å². The molecule has 26 heavy (non-hydrogen) atoms. The second-order valence-electron chi connectivity index (χ2n) is 9.47. The highest BCUT2D eigenvalue weighted by Gasteiger charge is 2.60. The summed E-state index contributed by atoms with van der Waals surface area (Å²) in [7, 11) is 0. The number of ketones is 1. The first-order chi connectivity index (χ1) is 12.3. The Hall–Kier alpha value is -1.38. The fourth-order valence-corrected chi connectivity index (χ4v) is 6.96. The van der Waals surface area contributed by atoms with Gasteiger partial charge in [0.2, 0.25) is 0 Å². The van der Waals surface area contributed by atoms with E-state index in [-0.39, 0.29) is 28.7 Å². The van der Waals surface area contributed by atoms with Crippen LogP contribution in [0.5, 0.6) is 0 Å². The summed E-state index contributed by atoms with van der Waals surface area (Å²) in [6.45, 7) is 8.78. The molecule has 0 N–H and O–H groups in total. The van der Waals surface area contributed by atoms with Crippen molar-refractivity contribution in [1.82, 2.24) is 0 Å². The molecule has 3 nitrogen and oxygen atoms in total. The average molecular weight is 357 g/mol. The first kappa shape index (κ1) is 18.0. The van der Waals surface area contributed by atoms with E-state index < -0.39 is 0 Å². The zero-order chi connectivity index (χ0) is 18.7. The Kier molecular flexibility index (Phi) is 4.20.